The molecule has 0 spiro atoms. The molecular weight excluding hydrogens is 290 g/mol. The van der Waals surface area contributed by atoms with Crippen LogP contribution in [0.2, 0.25) is 0 Å². The zero-order valence-electron chi connectivity index (χ0n) is 13.5. The van der Waals surface area contributed by atoms with E-state index in [0.29, 0.717) is 30.8 Å². The standard InChI is InChI=1S/C18H21N3O2/c1-3-21(4-2)18(23)15-9-7-8-14(12-15)17(22)20-13-16-10-5-6-11-19-16/h5-12H,3-4,13H2,1-2H3,(H,20,22). The molecule has 0 saturated heterocycles. The first-order valence-electron chi connectivity index (χ1n) is 7.73. The summed E-state index contributed by atoms with van der Waals surface area (Å²) in [5.41, 5.74) is 1.79. The van der Waals surface area contributed by atoms with Gasteiger partial charge in [0.1, 0.15) is 0 Å². The fourth-order valence-corrected chi connectivity index (χ4v) is 2.26. The Balaban J connectivity index is 2.06. The third-order valence-electron chi connectivity index (χ3n) is 3.58. The summed E-state index contributed by atoms with van der Waals surface area (Å²) in [6.07, 6.45) is 1.69. The Kier molecular flexibility index (Phi) is 5.86. The van der Waals surface area contributed by atoms with Crippen LogP contribution in [-0.2, 0) is 6.54 Å². The Labute approximate surface area is 136 Å². The number of nitrogens with zero attached hydrogens (tertiary/aromatic N) is 2. The quantitative estimate of drug-likeness (QED) is 0.891. The lowest BCUT2D eigenvalue weighted by atomic mass is 10.1. The van der Waals surface area contributed by atoms with Gasteiger partial charge in [-0.15, -0.1) is 0 Å². The molecule has 0 aliphatic carbocycles. The minimum Gasteiger partial charge on any atom is -0.346 e. The molecule has 5 nitrogen and oxygen atoms in total. The van der Waals surface area contributed by atoms with Gasteiger partial charge in [0.2, 0.25) is 0 Å². The molecule has 0 fully saturated rings. The number of pyridine rings is 1. The second-order valence-electron chi connectivity index (χ2n) is 5.06. The highest BCUT2D eigenvalue weighted by atomic mass is 16.2. The van der Waals surface area contributed by atoms with Crippen LogP contribution in [-0.4, -0.2) is 34.8 Å². The van der Waals surface area contributed by atoms with E-state index < -0.39 is 0 Å². The average Bonchev–Trinajstić information content (AvgIpc) is 2.61. The Morgan fingerprint density at radius 2 is 1.78 bits per heavy atom. The number of rotatable bonds is 6. The van der Waals surface area contributed by atoms with Crippen molar-refractivity contribution in [3.63, 3.8) is 0 Å². The first-order chi connectivity index (χ1) is 11.2. The van der Waals surface area contributed by atoms with E-state index in [2.05, 4.69) is 10.3 Å². The lowest BCUT2D eigenvalue weighted by Crippen LogP contribution is -2.31. The molecule has 0 radical (unpaired) electrons. The van der Waals surface area contributed by atoms with E-state index in [9.17, 15) is 9.59 Å². The average molecular weight is 311 g/mol. The highest BCUT2D eigenvalue weighted by Gasteiger charge is 2.14. The van der Waals surface area contributed by atoms with Crippen molar-refractivity contribution in [1.82, 2.24) is 15.2 Å². The third-order valence-corrected chi connectivity index (χ3v) is 3.58. The maximum atomic E-state index is 12.3. The van der Waals surface area contributed by atoms with Crippen LogP contribution in [0, 0.1) is 0 Å². The number of hydrogen-bond donors (Lipinski definition) is 1. The second-order valence-corrected chi connectivity index (χ2v) is 5.06. The first kappa shape index (κ1) is 16.7. The Morgan fingerprint density at radius 1 is 1.04 bits per heavy atom. The van der Waals surface area contributed by atoms with Crippen molar-refractivity contribution in [2.75, 3.05) is 13.1 Å². The molecule has 1 aromatic heterocycles. The molecule has 0 atom stereocenters. The van der Waals surface area contributed by atoms with Gasteiger partial charge in [0.05, 0.1) is 12.2 Å². The van der Waals surface area contributed by atoms with Crippen LogP contribution in [0.5, 0.6) is 0 Å². The minimum absolute atomic E-state index is 0.0608. The van der Waals surface area contributed by atoms with Crippen LogP contribution >= 0.6 is 0 Å². The Hall–Kier alpha value is -2.69. The van der Waals surface area contributed by atoms with Crippen molar-refractivity contribution >= 4 is 11.8 Å². The van der Waals surface area contributed by atoms with Gasteiger partial charge in [0.15, 0.2) is 0 Å². The molecule has 0 unspecified atom stereocenters. The first-order valence-corrected chi connectivity index (χ1v) is 7.73. The summed E-state index contributed by atoms with van der Waals surface area (Å²) in [5.74, 6) is -0.278. The molecule has 1 N–H and O–H groups in total. The van der Waals surface area contributed by atoms with E-state index in [1.54, 1.807) is 35.4 Å². The van der Waals surface area contributed by atoms with Gasteiger partial charge in [-0.25, -0.2) is 0 Å². The van der Waals surface area contributed by atoms with Crippen molar-refractivity contribution in [3.8, 4) is 0 Å². The van der Waals surface area contributed by atoms with E-state index >= 15 is 0 Å². The number of amides is 2. The van der Waals surface area contributed by atoms with Crippen molar-refractivity contribution in [2.24, 2.45) is 0 Å². The van der Waals surface area contributed by atoms with Crippen molar-refractivity contribution in [3.05, 3.63) is 65.5 Å². The predicted molar refractivity (Wildman–Crippen MR) is 89.1 cm³/mol. The molecule has 2 amide bonds. The van der Waals surface area contributed by atoms with Crippen molar-refractivity contribution in [2.45, 2.75) is 20.4 Å². The summed E-state index contributed by atoms with van der Waals surface area (Å²) in [6, 6.07) is 12.3. The van der Waals surface area contributed by atoms with Gasteiger partial charge in [-0.1, -0.05) is 12.1 Å². The monoisotopic (exact) mass is 311 g/mol. The second kappa shape index (κ2) is 8.08. The van der Waals surface area contributed by atoms with Gasteiger partial charge >= 0.3 is 0 Å². The predicted octanol–water partition coefficient (Wildman–Crippen LogP) is 2.49. The lowest BCUT2D eigenvalue weighted by Gasteiger charge is -2.18. The SMILES string of the molecule is CCN(CC)C(=O)c1cccc(C(=O)NCc2ccccn2)c1. The number of aromatic nitrogens is 1. The van der Waals surface area contributed by atoms with E-state index in [1.807, 2.05) is 32.0 Å². The molecule has 120 valence electrons. The molecule has 0 bridgehead atoms. The van der Waals surface area contributed by atoms with Gasteiger partial charge in [-0.05, 0) is 44.2 Å². The number of benzene rings is 1. The molecular formula is C18H21N3O2. The summed E-state index contributed by atoms with van der Waals surface area (Å²) < 4.78 is 0. The maximum absolute atomic E-state index is 12.3. The zero-order valence-corrected chi connectivity index (χ0v) is 13.5. The lowest BCUT2D eigenvalue weighted by molar-refractivity contribution is 0.0773. The topological polar surface area (TPSA) is 62.3 Å². The van der Waals surface area contributed by atoms with Crippen LogP contribution < -0.4 is 5.32 Å². The molecule has 2 aromatic rings. The summed E-state index contributed by atoms with van der Waals surface area (Å²) in [7, 11) is 0. The van der Waals surface area contributed by atoms with E-state index in [-0.39, 0.29) is 11.8 Å². The van der Waals surface area contributed by atoms with Crippen LogP contribution in [0.25, 0.3) is 0 Å². The zero-order chi connectivity index (χ0) is 16.7. The molecule has 1 aromatic carbocycles. The number of nitrogens with one attached hydrogen (secondary N) is 1. The fourth-order valence-electron chi connectivity index (χ4n) is 2.26. The van der Waals surface area contributed by atoms with Gasteiger partial charge in [-0.2, -0.15) is 0 Å². The van der Waals surface area contributed by atoms with Crippen molar-refractivity contribution in [1.29, 1.82) is 0 Å². The minimum atomic E-state index is -0.218. The summed E-state index contributed by atoms with van der Waals surface area (Å²) in [6.45, 7) is 5.51. The molecule has 0 saturated carbocycles. The summed E-state index contributed by atoms with van der Waals surface area (Å²) >= 11 is 0. The molecule has 1 heterocycles. The number of carbonyl (C=O) groups excluding carboxylic acids is 2. The van der Waals surface area contributed by atoms with Gasteiger partial charge in [0, 0.05) is 30.4 Å². The van der Waals surface area contributed by atoms with E-state index in [1.165, 1.54) is 0 Å². The van der Waals surface area contributed by atoms with Gasteiger partial charge < -0.3 is 10.2 Å². The molecule has 5 heteroatoms. The smallest absolute Gasteiger partial charge is 0.253 e. The Bertz CT molecular complexity index is 667. The molecule has 0 aliphatic heterocycles. The molecule has 23 heavy (non-hydrogen) atoms. The highest BCUT2D eigenvalue weighted by Crippen LogP contribution is 2.09. The maximum Gasteiger partial charge on any atom is 0.253 e. The van der Waals surface area contributed by atoms with E-state index in [4.69, 9.17) is 0 Å². The number of carbonyl (C=O) groups is 2. The van der Waals surface area contributed by atoms with Crippen LogP contribution in [0.3, 0.4) is 0 Å². The molecule has 0 aliphatic rings. The fraction of sp³-hybridized carbons (Fsp3) is 0.278. The van der Waals surface area contributed by atoms with Gasteiger partial charge in [-0.3, -0.25) is 14.6 Å². The van der Waals surface area contributed by atoms with Crippen LogP contribution in [0.1, 0.15) is 40.3 Å². The summed E-state index contributed by atoms with van der Waals surface area (Å²) in [4.78, 5) is 30.5. The van der Waals surface area contributed by atoms with Gasteiger partial charge in [0.25, 0.3) is 11.8 Å². The third kappa shape index (κ3) is 4.39. The van der Waals surface area contributed by atoms with E-state index in [0.717, 1.165) is 5.69 Å². The highest BCUT2D eigenvalue weighted by molar-refractivity contribution is 5.99. The van der Waals surface area contributed by atoms with Crippen molar-refractivity contribution < 1.29 is 9.59 Å². The van der Waals surface area contributed by atoms with Crippen LogP contribution in [0.4, 0.5) is 0 Å². The normalized spacial score (nSPS) is 10.2. The Morgan fingerprint density at radius 3 is 2.43 bits per heavy atom. The largest absolute Gasteiger partial charge is 0.346 e. The number of hydrogen-bond acceptors (Lipinski definition) is 3. The summed E-state index contributed by atoms with van der Waals surface area (Å²) in [5, 5.41) is 2.81. The molecule has 2 rings (SSSR count). The van der Waals surface area contributed by atoms with Crippen LogP contribution in [0.15, 0.2) is 48.7 Å².